The Morgan fingerprint density at radius 3 is 2.32 bits per heavy atom. The molecule has 2 aromatic carbocycles. The molecule has 0 amide bonds. The zero-order valence-electron chi connectivity index (χ0n) is 15.5. The minimum Gasteiger partial charge on any atom is -0.497 e. The van der Waals surface area contributed by atoms with Crippen LogP contribution in [0.5, 0.6) is 5.75 Å². The lowest BCUT2D eigenvalue weighted by molar-refractivity contribution is 0.101. The standard InChI is InChI=1S/C21H19N3O3S/c1-14(25)15-3-7-17(8-4-15)23-20-11-12-22-21(24-20)28-13-19(26)16-5-9-18(27-2)10-6-16/h3-12H,13H2,1-2H3,(H,22,23,24). The van der Waals surface area contributed by atoms with Crippen LogP contribution in [-0.4, -0.2) is 34.4 Å². The summed E-state index contributed by atoms with van der Waals surface area (Å²) in [7, 11) is 1.59. The van der Waals surface area contributed by atoms with Crippen molar-refractivity contribution in [3.05, 3.63) is 71.9 Å². The van der Waals surface area contributed by atoms with Crippen LogP contribution in [0.25, 0.3) is 0 Å². The highest BCUT2D eigenvalue weighted by molar-refractivity contribution is 7.99. The van der Waals surface area contributed by atoms with E-state index in [0.717, 1.165) is 5.69 Å². The molecule has 142 valence electrons. The Morgan fingerprint density at radius 1 is 1.00 bits per heavy atom. The number of carbonyl (C=O) groups excluding carboxylic acids is 2. The Labute approximate surface area is 167 Å². The largest absolute Gasteiger partial charge is 0.497 e. The number of Topliss-reactive ketones (excluding diaryl/α,β-unsaturated/α-hetero) is 2. The number of aromatic nitrogens is 2. The molecule has 0 radical (unpaired) electrons. The van der Waals surface area contributed by atoms with Crippen molar-refractivity contribution in [3.8, 4) is 5.75 Å². The Bertz CT molecular complexity index is 973. The van der Waals surface area contributed by atoms with Gasteiger partial charge in [-0.3, -0.25) is 9.59 Å². The first kappa shape index (κ1) is 19.6. The van der Waals surface area contributed by atoms with E-state index in [1.807, 2.05) is 12.1 Å². The fraction of sp³-hybridized carbons (Fsp3) is 0.143. The molecule has 1 N–H and O–H groups in total. The summed E-state index contributed by atoms with van der Waals surface area (Å²) >= 11 is 1.28. The number of nitrogens with one attached hydrogen (secondary N) is 1. The van der Waals surface area contributed by atoms with Crippen LogP contribution in [0.4, 0.5) is 11.5 Å². The van der Waals surface area contributed by atoms with E-state index in [1.165, 1.54) is 18.7 Å². The molecule has 6 nitrogen and oxygen atoms in total. The van der Waals surface area contributed by atoms with Gasteiger partial charge in [-0.2, -0.15) is 0 Å². The Morgan fingerprint density at radius 2 is 1.68 bits per heavy atom. The van der Waals surface area contributed by atoms with E-state index in [1.54, 1.807) is 55.8 Å². The van der Waals surface area contributed by atoms with E-state index in [-0.39, 0.29) is 17.3 Å². The first-order chi connectivity index (χ1) is 13.5. The molecule has 0 unspecified atom stereocenters. The normalized spacial score (nSPS) is 10.4. The van der Waals surface area contributed by atoms with Crippen molar-refractivity contribution < 1.29 is 14.3 Å². The van der Waals surface area contributed by atoms with Crippen molar-refractivity contribution >= 4 is 34.8 Å². The van der Waals surface area contributed by atoms with Gasteiger partial charge in [0.05, 0.1) is 12.9 Å². The number of ether oxygens (including phenoxy) is 1. The van der Waals surface area contributed by atoms with Crippen molar-refractivity contribution in [1.82, 2.24) is 9.97 Å². The first-order valence-electron chi connectivity index (χ1n) is 8.56. The topological polar surface area (TPSA) is 81.2 Å². The second-order valence-corrected chi connectivity index (χ2v) is 6.87. The predicted octanol–water partition coefficient (Wildman–Crippen LogP) is 4.41. The number of hydrogen-bond donors (Lipinski definition) is 1. The van der Waals surface area contributed by atoms with Crippen LogP contribution in [0, 0.1) is 0 Å². The lowest BCUT2D eigenvalue weighted by Gasteiger charge is -2.07. The van der Waals surface area contributed by atoms with Crippen LogP contribution in [0.3, 0.4) is 0 Å². The van der Waals surface area contributed by atoms with Crippen molar-refractivity contribution in [2.75, 3.05) is 18.2 Å². The summed E-state index contributed by atoms with van der Waals surface area (Å²) in [4.78, 5) is 32.3. The molecule has 0 aliphatic carbocycles. The molecule has 0 fully saturated rings. The second-order valence-electron chi connectivity index (χ2n) is 5.92. The zero-order chi connectivity index (χ0) is 19.9. The smallest absolute Gasteiger partial charge is 0.189 e. The number of rotatable bonds is 8. The summed E-state index contributed by atoms with van der Waals surface area (Å²) < 4.78 is 5.10. The number of methoxy groups -OCH3 is 1. The summed E-state index contributed by atoms with van der Waals surface area (Å²) in [5, 5.41) is 3.67. The number of carbonyl (C=O) groups is 2. The Kier molecular flexibility index (Phi) is 6.39. The third-order valence-electron chi connectivity index (χ3n) is 3.94. The number of benzene rings is 2. The van der Waals surface area contributed by atoms with E-state index >= 15 is 0 Å². The van der Waals surface area contributed by atoms with Crippen molar-refractivity contribution in [2.45, 2.75) is 12.1 Å². The molecule has 7 heteroatoms. The molecule has 1 heterocycles. The minimum absolute atomic E-state index is 0.00515. The maximum atomic E-state index is 12.3. The summed E-state index contributed by atoms with van der Waals surface area (Å²) in [5.74, 6) is 1.58. The average Bonchev–Trinajstić information content (AvgIpc) is 2.73. The number of thioether (sulfide) groups is 1. The number of anilines is 2. The van der Waals surface area contributed by atoms with Crippen LogP contribution in [0.15, 0.2) is 66.0 Å². The van der Waals surface area contributed by atoms with Crippen LogP contribution in [0.1, 0.15) is 27.6 Å². The number of nitrogens with zero attached hydrogens (tertiary/aromatic N) is 2. The van der Waals surface area contributed by atoms with Crippen molar-refractivity contribution in [2.24, 2.45) is 0 Å². The zero-order valence-corrected chi connectivity index (χ0v) is 16.3. The van der Waals surface area contributed by atoms with Gasteiger partial charge in [0.25, 0.3) is 0 Å². The molecule has 0 spiro atoms. The van der Waals surface area contributed by atoms with Crippen LogP contribution in [0.2, 0.25) is 0 Å². The van der Waals surface area contributed by atoms with Gasteiger partial charge in [-0.15, -0.1) is 0 Å². The third-order valence-corrected chi connectivity index (χ3v) is 4.80. The van der Waals surface area contributed by atoms with Crippen molar-refractivity contribution in [1.29, 1.82) is 0 Å². The van der Waals surface area contributed by atoms with Gasteiger partial charge in [-0.1, -0.05) is 11.8 Å². The molecule has 0 aliphatic rings. The van der Waals surface area contributed by atoms with Gasteiger partial charge in [0.2, 0.25) is 0 Å². The van der Waals surface area contributed by atoms with Crippen molar-refractivity contribution in [3.63, 3.8) is 0 Å². The summed E-state index contributed by atoms with van der Waals surface area (Å²) in [5.41, 5.74) is 2.09. The fourth-order valence-electron chi connectivity index (χ4n) is 2.41. The predicted molar refractivity (Wildman–Crippen MR) is 110 cm³/mol. The molecule has 0 saturated carbocycles. The highest BCUT2D eigenvalue weighted by atomic mass is 32.2. The highest BCUT2D eigenvalue weighted by Crippen LogP contribution is 2.20. The minimum atomic E-state index is -0.00515. The summed E-state index contributed by atoms with van der Waals surface area (Å²) in [6, 6.07) is 15.9. The number of hydrogen-bond acceptors (Lipinski definition) is 7. The average molecular weight is 393 g/mol. The number of ketones is 2. The second kappa shape index (κ2) is 9.14. The first-order valence-corrected chi connectivity index (χ1v) is 9.55. The van der Waals surface area contributed by atoms with Gasteiger partial charge >= 0.3 is 0 Å². The highest BCUT2D eigenvalue weighted by Gasteiger charge is 2.09. The van der Waals surface area contributed by atoms with E-state index in [2.05, 4.69) is 15.3 Å². The van der Waals surface area contributed by atoms with Crippen LogP contribution < -0.4 is 10.1 Å². The molecule has 28 heavy (non-hydrogen) atoms. The molecule has 1 aromatic heterocycles. The summed E-state index contributed by atoms with van der Waals surface area (Å²) in [6.07, 6.45) is 1.64. The van der Waals surface area contributed by atoms with Gasteiger partial charge in [-0.05, 0) is 61.5 Å². The molecular weight excluding hydrogens is 374 g/mol. The SMILES string of the molecule is COc1ccc(C(=O)CSc2nccc(Nc3ccc(C(C)=O)cc3)n2)cc1. The van der Waals surface area contributed by atoms with Gasteiger partial charge in [0.15, 0.2) is 16.7 Å². The van der Waals surface area contributed by atoms with E-state index in [9.17, 15) is 9.59 Å². The third kappa shape index (κ3) is 5.17. The molecule has 0 atom stereocenters. The van der Waals surface area contributed by atoms with E-state index < -0.39 is 0 Å². The lowest BCUT2D eigenvalue weighted by atomic mass is 10.1. The molecular formula is C21H19N3O3S. The maximum Gasteiger partial charge on any atom is 0.189 e. The van der Waals surface area contributed by atoms with E-state index in [0.29, 0.717) is 27.9 Å². The molecule has 3 aromatic rings. The molecule has 0 saturated heterocycles. The maximum absolute atomic E-state index is 12.3. The van der Waals surface area contributed by atoms with Gasteiger partial charge in [-0.25, -0.2) is 9.97 Å². The molecule has 3 rings (SSSR count). The Hall–Kier alpha value is -3.19. The van der Waals surface area contributed by atoms with Gasteiger partial charge in [0.1, 0.15) is 11.6 Å². The van der Waals surface area contributed by atoms with Gasteiger partial charge in [0, 0.05) is 23.0 Å². The van der Waals surface area contributed by atoms with Gasteiger partial charge < -0.3 is 10.1 Å². The molecule has 0 bridgehead atoms. The van der Waals surface area contributed by atoms with E-state index in [4.69, 9.17) is 4.74 Å². The Balaban J connectivity index is 1.61. The quantitative estimate of drug-likeness (QED) is 0.345. The molecule has 0 aliphatic heterocycles. The van der Waals surface area contributed by atoms with Crippen LogP contribution >= 0.6 is 11.8 Å². The van der Waals surface area contributed by atoms with Crippen LogP contribution in [-0.2, 0) is 0 Å². The fourth-order valence-corrected chi connectivity index (χ4v) is 3.13. The lowest BCUT2D eigenvalue weighted by Crippen LogP contribution is -2.03. The monoisotopic (exact) mass is 393 g/mol. The summed E-state index contributed by atoms with van der Waals surface area (Å²) in [6.45, 7) is 1.53.